The molecule has 0 aliphatic carbocycles. The van der Waals surface area contributed by atoms with Gasteiger partial charge in [-0.05, 0) is 49.9 Å². The van der Waals surface area contributed by atoms with Gasteiger partial charge < -0.3 is 30.7 Å². The summed E-state index contributed by atoms with van der Waals surface area (Å²) in [5.41, 5.74) is -0.235. The molecule has 0 radical (unpaired) electrons. The van der Waals surface area contributed by atoms with Crippen molar-refractivity contribution in [1.82, 2.24) is 10.6 Å². The number of ether oxygens (including phenoxy) is 2. The molecule has 0 aromatic heterocycles. The molecule has 2 aliphatic heterocycles. The lowest BCUT2D eigenvalue weighted by Crippen LogP contribution is -2.59. The molecule has 4 rings (SSSR count). The van der Waals surface area contributed by atoms with Gasteiger partial charge in [0.25, 0.3) is 0 Å². The zero-order chi connectivity index (χ0) is 25.8. The van der Waals surface area contributed by atoms with Gasteiger partial charge in [-0.25, -0.2) is 9.59 Å². The summed E-state index contributed by atoms with van der Waals surface area (Å²) in [7, 11) is 0. The Bertz CT molecular complexity index is 1090. The van der Waals surface area contributed by atoms with Crippen LogP contribution in [0.5, 0.6) is 0 Å². The topological polar surface area (TPSA) is 135 Å². The maximum Gasteiger partial charge on any atom is 0.407 e. The highest BCUT2D eigenvalue weighted by atomic mass is 16.6. The van der Waals surface area contributed by atoms with E-state index in [0.29, 0.717) is 22.5 Å². The van der Waals surface area contributed by atoms with Crippen molar-refractivity contribution < 1.29 is 28.7 Å². The predicted octanol–water partition coefficient (Wildman–Crippen LogP) is 3.04. The summed E-state index contributed by atoms with van der Waals surface area (Å²) < 4.78 is 9.97. The quantitative estimate of drug-likeness (QED) is 0.423. The van der Waals surface area contributed by atoms with E-state index in [2.05, 4.69) is 21.3 Å². The van der Waals surface area contributed by atoms with Crippen LogP contribution in [-0.4, -0.2) is 50.3 Å². The first-order chi connectivity index (χ1) is 17.4. The Morgan fingerprint density at radius 1 is 0.722 bits per heavy atom. The van der Waals surface area contributed by atoms with Gasteiger partial charge in [-0.15, -0.1) is 0 Å². The molecule has 4 N–H and O–H groups in total. The van der Waals surface area contributed by atoms with Crippen LogP contribution >= 0.6 is 0 Å². The van der Waals surface area contributed by atoms with Crippen LogP contribution in [0, 0.1) is 0 Å². The van der Waals surface area contributed by atoms with Gasteiger partial charge in [0, 0.05) is 24.5 Å². The van der Waals surface area contributed by atoms with E-state index in [4.69, 9.17) is 9.47 Å². The van der Waals surface area contributed by atoms with E-state index in [1.165, 1.54) is 0 Å². The smallest absolute Gasteiger partial charge is 0.407 e. The van der Waals surface area contributed by atoms with Crippen molar-refractivity contribution >= 4 is 35.4 Å². The average Bonchev–Trinajstić information content (AvgIpc) is 3.31. The Morgan fingerprint density at radius 2 is 1.11 bits per heavy atom. The highest BCUT2D eigenvalue weighted by molar-refractivity contribution is 6.17. The van der Waals surface area contributed by atoms with Gasteiger partial charge in [0.2, 0.25) is 11.8 Å². The zero-order valence-electron chi connectivity index (χ0n) is 20.3. The van der Waals surface area contributed by atoms with Gasteiger partial charge in [-0.2, -0.15) is 0 Å². The van der Waals surface area contributed by atoms with E-state index < -0.39 is 23.0 Å². The minimum Gasteiger partial charge on any atom is -0.450 e. The summed E-state index contributed by atoms with van der Waals surface area (Å²) in [4.78, 5) is 52.0. The van der Waals surface area contributed by atoms with Crippen molar-refractivity contribution in [2.45, 2.75) is 37.5 Å². The number of hydrogen-bond acceptors (Lipinski definition) is 6. The zero-order valence-corrected chi connectivity index (χ0v) is 20.3. The third-order valence-electron chi connectivity index (χ3n) is 6.86. The van der Waals surface area contributed by atoms with Crippen LogP contribution in [0.1, 0.15) is 37.8 Å². The molecule has 4 amide bonds. The number of benzene rings is 2. The third kappa shape index (κ3) is 4.02. The summed E-state index contributed by atoms with van der Waals surface area (Å²) in [6.45, 7) is 3.99. The van der Waals surface area contributed by atoms with Gasteiger partial charge in [0.1, 0.15) is 0 Å². The SMILES string of the molecule is CCOC(=O)NCC[C@@]1([C@]2(CCNC(=O)OCC)C(=O)Nc3ccccc32)C(=O)Nc2ccccc21. The van der Waals surface area contributed by atoms with E-state index in [9.17, 15) is 19.2 Å². The number of carbonyl (C=O) groups is 4. The van der Waals surface area contributed by atoms with Crippen molar-refractivity contribution in [3.05, 3.63) is 59.7 Å². The van der Waals surface area contributed by atoms with Crippen LogP contribution in [0.4, 0.5) is 21.0 Å². The normalized spacial score (nSPS) is 21.6. The van der Waals surface area contributed by atoms with Crippen LogP contribution in [0.25, 0.3) is 0 Å². The van der Waals surface area contributed by atoms with E-state index in [0.717, 1.165) is 0 Å². The molecule has 2 heterocycles. The molecule has 2 aromatic rings. The van der Waals surface area contributed by atoms with Crippen LogP contribution in [0.2, 0.25) is 0 Å². The number of hydrogen-bond donors (Lipinski definition) is 4. The molecule has 10 heteroatoms. The van der Waals surface area contributed by atoms with Crippen molar-refractivity contribution in [3.8, 4) is 0 Å². The largest absolute Gasteiger partial charge is 0.450 e. The summed E-state index contributed by atoms with van der Waals surface area (Å²) in [6, 6.07) is 14.5. The molecule has 10 nitrogen and oxygen atoms in total. The van der Waals surface area contributed by atoms with E-state index in [-0.39, 0.29) is 51.0 Å². The molecular weight excluding hydrogens is 464 g/mol. The number of para-hydroxylation sites is 2. The molecule has 0 bridgehead atoms. The van der Waals surface area contributed by atoms with Crippen LogP contribution in [-0.2, 0) is 29.9 Å². The molecule has 0 fully saturated rings. The number of nitrogens with one attached hydrogen (secondary N) is 4. The Morgan fingerprint density at radius 3 is 1.50 bits per heavy atom. The van der Waals surface area contributed by atoms with Gasteiger partial charge in [0.15, 0.2) is 0 Å². The van der Waals surface area contributed by atoms with Gasteiger partial charge in [0.05, 0.1) is 24.0 Å². The summed E-state index contributed by atoms with van der Waals surface area (Å²) in [6.07, 6.45) is -0.965. The van der Waals surface area contributed by atoms with Crippen molar-refractivity contribution in [2.24, 2.45) is 0 Å². The Kier molecular flexibility index (Phi) is 7.14. The molecule has 2 atom stereocenters. The minimum atomic E-state index is -1.38. The highest BCUT2D eigenvalue weighted by Gasteiger charge is 2.67. The number of carbonyl (C=O) groups excluding carboxylic acids is 4. The molecule has 190 valence electrons. The number of fused-ring (bicyclic) bond motifs is 2. The summed E-state index contributed by atoms with van der Waals surface area (Å²) in [5.74, 6) is -0.699. The summed E-state index contributed by atoms with van der Waals surface area (Å²) >= 11 is 0. The molecule has 0 spiro atoms. The maximum atomic E-state index is 14.0. The predicted molar refractivity (Wildman–Crippen MR) is 133 cm³/mol. The number of alkyl carbamates (subject to hydrolysis) is 2. The fourth-order valence-corrected chi connectivity index (χ4v) is 5.47. The second-order valence-corrected chi connectivity index (χ2v) is 8.60. The maximum absolute atomic E-state index is 14.0. The Hall–Kier alpha value is -4.08. The van der Waals surface area contributed by atoms with E-state index in [1.807, 2.05) is 36.4 Å². The van der Waals surface area contributed by atoms with Crippen LogP contribution in [0.15, 0.2) is 48.5 Å². The molecule has 2 aliphatic rings. The first kappa shape index (κ1) is 25.0. The van der Waals surface area contributed by atoms with E-state index >= 15 is 0 Å². The average molecular weight is 495 g/mol. The molecule has 0 saturated heterocycles. The second-order valence-electron chi connectivity index (χ2n) is 8.60. The van der Waals surface area contributed by atoms with Crippen molar-refractivity contribution in [1.29, 1.82) is 0 Å². The molecule has 0 saturated carbocycles. The standard InChI is InChI=1S/C26H30N4O6/c1-3-35-23(33)27-15-13-25(17-9-5-7-11-19(17)29-21(25)31)26(14-16-28-24(34)36-4-2)18-10-6-8-12-20(18)30-22(26)32/h5-12H,3-4,13-16H2,1-2H3,(H,27,33)(H,28,34)(H,29,31)(H,30,32)/t25-,26-/m0/s1. The van der Waals surface area contributed by atoms with E-state index in [1.54, 1.807) is 26.0 Å². The molecular formula is C26H30N4O6. The van der Waals surface area contributed by atoms with Crippen LogP contribution < -0.4 is 21.3 Å². The summed E-state index contributed by atoms with van der Waals surface area (Å²) in [5, 5.41) is 11.3. The number of amides is 4. The fraction of sp³-hybridized carbons (Fsp3) is 0.385. The fourth-order valence-electron chi connectivity index (χ4n) is 5.47. The lowest BCUT2D eigenvalue weighted by atomic mass is 9.54. The van der Waals surface area contributed by atoms with Gasteiger partial charge in [-0.1, -0.05) is 36.4 Å². The number of rotatable bonds is 9. The third-order valence-corrected chi connectivity index (χ3v) is 6.86. The first-order valence-corrected chi connectivity index (χ1v) is 12.0. The lowest BCUT2D eigenvalue weighted by Gasteiger charge is -2.44. The molecule has 2 aromatic carbocycles. The highest BCUT2D eigenvalue weighted by Crippen LogP contribution is 2.58. The number of anilines is 2. The monoisotopic (exact) mass is 494 g/mol. The minimum absolute atomic E-state index is 0.0864. The first-order valence-electron chi connectivity index (χ1n) is 12.0. The van der Waals surface area contributed by atoms with Crippen molar-refractivity contribution in [3.63, 3.8) is 0 Å². The van der Waals surface area contributed by atoms with Gasteiger partial charge in [-0.3, -0.25) is 9.59 Å². The van der Waals surface area contributed by atoms with Gasteiger partial charge >= 0.3 is 12.2 Å². The molecule has 0 unspecified atom stereocenters. The Balaban J connectivity index is 1.84. The van der Waals surface area contributed by atoms with Crippen LogP contribution in [0.3, 0.4) is 0 Å². The van der Waals surface area contributed by atoms with Crippen molar-refractivity contribution in [2.75, 3.05) is 36.9 Å². The molecule has 36 heavy (non-hydrogen) atoms. The lowest BCUT2D eigenvalue weighted by molar-refractivity contribution is -0.133. The Labute approximate surface area is 209 Å². The second kappa shape index (κ2) is 10.3.